The first-order chi connectivity index (χ1) is 10.0. The highest BCUT2D eigenvalue weighted by molar-refractivity contribution is 9.10. The fourth-order valence-electron chi connectivity index (χ4n) is 1.84. The molecule has 0 fully saturated rings. The highest BCUT2D eigenvalue weighted by atomic mass is 79.9. The van der Waals surface area contributed by atoms with E-state index >= 15 is 0 Å². The molecule has 0 spiro atoms. The van der Waals surface area contributed by atoms with Crippen LogP contribution < -0.4 is 5.32 Å². The zero-order valence-corrected chi connectivity index (χ0v) is 14.8. The van der Waals surface area contributed by atoms with Crippen LogP contribution in [0.4, 0.5) is 5.69 Å². The molecule has 1 heterocycles. The summed E-state index contributed by atoms with van der Waals surface area (Å²) < 4.78 is 6.58. The second-order valence-electron chi connectivity index (χ2n) is 4.42. The van der Waals surface area contributed by atoms with E-state index in [0.29, 0.717) is 12.2 Å². The van der Waals surface area contributed by atoms with Crippen LogP contribution in [0.2, 0.25) is 4.34 Å². The minimum atomic E-state index is -0.317. The summed E-state index contributed by atoms with van der Waals surface area (Å²) in [5, 5.41) is 3.39. The smallest absolute Gasteiger partial charge is 0.338 e. The van der Waals surface area contributed by atoms with Gasteiger partial charge in [0.05, 0.1) is 22.5 Å². The van der Waals surface area contributed by atoms with E-state index in [9.17, 15) is 4.79 Å². The van der Waals surface area contributed by atoms with Crippen LogP contribution in [0.5, 0.6) is 0 Å². The lowest BCUT2D eigenvalue weighted by Gasteiger charge is -2.15. The van der Waals surface area contributed by atoms with Crippen LogP contribution in [0.15, 0.2) is 34.8 Å². The summed E-state index contributed by atoms with van der Waals surface area (Å²) >= 11 is 11.0. The summed E-state index contributed by atoms with van der Waals surface area (Å²) in [6, 6.07) is 9.40. The van der Waals surface area contributed by atoms with Gasteiger partial charge in [0, 0.05) is 15.0 Å². The number of carbonyl (C=O) groups excluding carboxylic acids is 1. The quantitative estimate of drug-likeness (QED) is 0.686. The van der Waals surface area contributed by atoms with Crippen molar-refractivity contribution in [1.29, 1.82) is 0 Å². The Kier molecular flexibility index (Phi) is 5.67. The minimum absolute atomic E-state index is 0.132. The summed E-state index contributed by atoms with van der Waals surface area (Å²) in [5.41, 5.74) is 1.45. The fraction of sp³-hybridized carbons (Fsp3) is 0.267. The summed E-state index contributed by atoms with van der Waals surface area (Å²) in [4.78, 5) is 12.8. The van der Waals surface area contributed by atoms with Crippen molar-refractivity contribution >= 4 is 50.5 Å². The van der Waals surface area contributed by atoms with Crippen LogP contribution in [-0.2, 0) is 4.74 Å². The van der Waals surface area contributed by atoms with Crippen molar-refractivity contribution in [3.8, 4) is 0 Å². The van der Waals surface area contributed by atoms with Gasteiger partial charge in [0.1, 0.15) is 0 Å². The summed E-state index contributed by atoms with van der Waals surface area (Å²) in [6.07, 6.45) is 0. The van der Waals surface area contributed by atoms with E-state index in [1.165, 1.54) is 0 Å². The molecule has 1 aromatic carbocycles. The van der Waals surface area contributed by atoms with Gasteiger partial charge < -0.3 is 10.1 Å². The maximum atomic E-state index is 11.7. The number of hydrogen-bond donors (Lipinski definition) is 1. The molecule has 0 saturated carbocycles. The monoisotopic (exact) mass is 387 g/mol. The predicted molar refractivity (Wildman–Crippen MR) is 91.5 cm³/mol. The molecule has 2 rings (SSSR count). The SMILES string of the molecule is CCOC(=O)c1ccc(NC(C)c2ccc(Cl)s2)c(Br)c1. The average Bonchev–Trinajstić information content (AvgIpc) is 2.88. The molecular formula is C15H15BrClNO2S. The Hall–Kier alpha value is -1.04. The highest BCUT2D eigenvalue weighted by Crippen LogP contribution is 2.32. The van der Waals surface area contributed by atoms with Gasteiger partial charge in [0.25, 0.3) is 0 Å². The van der Waals surface area contributed by atoms with E-state index in [0.717, 1.165) is 19.4 Å². The molecule has 3 nitrogen and oxygen atoms in total. The second-order valence-corrected chi connectivity index (χ2v) is 7.02. The number of esters is 1. The number of rotatable bonds is 5. The number of thiophene rings is 1. The van der Waals surface area contributed by atoms with Crippen LogP contribution in [-0.4, -0.2) is 12.6 Å². The normalized spacial score (nSPS) is 12.0. The zero-order valence-electron chi connectivity index (χ0n) is 11.7. The molecule has 21 heavy (non-hydrogen) atoms. The Balaban J connectivity index is 2.12. The molecule has 1 aromatic heterocycles. The Morgan fingerprint density at radius 1 is 1.43 bits per heavy atom. The van der Waals surface area contributed by atoms with Crippen LogP contribution in [0.1, 0.15) is 35.1 Å². The van der Waals surface area contributed by atoms with Crippen LogP contribution in [0, 0.1) is 0 Å². The van der Waals surface area contributed by atoms with E-state index in [1.54, 1.807) is 30.4 Å². The molecule has 0 saturated heterocycles. The van der Waals surface area contributed by atoms with Crippen LogP contribution >= 0.6 is 38.9 Å². The minimum Gasteiger partial charge on any atom is -0.462 e. The first-order valence-corrected chi connectivity index (χ1v) is 8.48. The Labute approximate surface area is 141 Å². The maximum Gasteiger partial charge on any atom is 0.338 e. The van der Waals surface area contributed by atoms with Gasteiger partial charge in [-0.25, -0.2) is 4.79 Å². The third-order valence-electron chi connectivity index (χ3n) is 2.87. The molecule has 1 N–H and O–H groups in total. The predicted octanol–water partition coefficient (Wildman–Crippen LogP) is 5.51. The molecule has 0 aliphatic carbocycles. The molecule has 0 amide bonds. The number of carbonyl (C=O) groups is 1. The lowest BCUT2D eigenvalue weighted by Crippen LogP contribution is -2.07. The van der Waals surface area contributed by atoms with Crippen molar-refractivity contribution in [3.63, 3.8) is 0 Å². The summed E-state index contributed by atoms with van der Waals surface area (Å²) in [6.45, 7) is 4.22. The Morgan fingerprint density at radius 2 is 2.19 bits per heavy atom. The Morgan fingerprint density at radius 3 is 2.76 bits per heavy atom. The van der Waals surface area contributed by atoms with E-state index in [-0.39, 0.29) is 12.0 Å². The Bertz CT molecular complexity index is 644. The van der Waals surface area contributed by atoms with Gasteiger partial charge in [0.2, 0.25) is 0 Å². The number of benzene rings is 1. The van der Waals surface area contributed by atoms with Crippen molar-refractivity contribution in [3.05, 3.63) is 49.6 Å². The number of halogens is 2. The van der Waals surface area contributed by atoms with Gasteiger partial charge >= 0.3 is 5.97 Å². The molecular weight excluding hydrogens is 374 g/mol. The van der Waals surface area contributed by atoms with Crippen LogP contribution in [0.25, 0.3) is 0 Å². The number of anilines is 1. The van der Waals surface area contributed by atoms with E-state index in [2.05, 4.69) is 28.2 Å². The van der Waals surface area contributed by atoms with Crippen molar-refractivity contribution in [2.75, 3.05) is 11.9 Å². The van der Waals surface area contributed by atoms with Gasteiger partial charge in [-0.3, -0.25) is 0 Å². The van der Waals surface area contributed by atoms with Crippen LogP contribution in [0.3, 0.4) is 0 Å². The molecule has 0 aliphatic heterocycles. The highest BCUT2D eigenvalue weighted by Gasteiger charge is 2.12. The van der Waals surface area contributed by atoms with E-state index in [1.807, 2.05) is 18.2 Å². The lowest BCUT2D eigenvalue weighted by molar-refractivity contribution is 0.0526. The fourth-order valence-corrected chi connectivity index (χ4v) is 3.40. The summed E-state index contributed by atoms with van der Waals surface area (Å²) in [5.74, 6) is -0.317. The maximum absolute atomic E-state index is 11.7. The molecule has 2 aromatic rings. The standard InChI is InChI=1S/C15H15BrClNO2S/c1-3-20-15(19)10-4-5-12(11(16)8-10)18-9(2)13-6-7-14(17)21-13/h4-9,18H,3H2,1-2H3. The second kappa shape index (κ2) is 7.29. The molecule has 0 bridgehead atoms. The van der Waals surface area contributed by atoms with Gasteiger partial charge in [0.15, 0.2) is 0 Å². The average molecular weight is 389 g/mol. The largest absolute Gasteiger partial charge is 0.462 e. The molecule has 0 aliphatic rings. The molecule has 1 unspecified atom stereocenters. The van der Waals surface area contributed by atoms with Crippen molar-refractivity contribution in [1.82, 2.24) is 0 Å². The van der Waals surface area contributed by atoms with E-state index in [4.69, 9.17) is 16.3 Å². The number of hydrogen-bond acceptors (Lipinski definition) is 4. The van der Waals surface area contributed by atoms with Gasteiger partial charge in [-0.1, -0.05) is 11.6 Å². The molecule has 112 valence electrons. The van der Waals surface area contributed by atoms with E-state index < -0.39 is 0 Å². The lowest BCUT2D eigenvalue weighted by atomic mass is 10.2. The van der Waals surface area contributed by atoms with Gasteiger partial charge in [-0.05, 0) is 60.1 Å². The molecule has 6 heteroatoms. The first kappa shape index (κ1) is 16.3. The third kappa shape index (κ3) is 4.22. The van der Waals surface area contributed by atoms with Gasteiger partial charge in [-0.15, -0.1) is 11.3 Å². The summed E-state index contributed by atoms with van der Waals surface area (Å²) in [7, 11) is 0. The van der Waals surface area contributed by atoms with Gasteiger partial charge in [-0.2, -0.15) is 0 Å². The van der Waals surface area contributed by atoms with Crippen molar-refractivity contribution in [2.45, 2.75) is 19.9 Å². The topological polar surface area (TPSA) is 38.3 Å². The molecule has 0 radical (unpaired) electrons. The molecule has 1 atom stereocenters. The van der Waals surface area contributed by atoms with Crippen molar-refractivity contribution in [2.24, 2.45) is 0 Å². The third-order valence-corrected chi connectivity index (χ3v) is 4.94. The first-order valence-electron chi connectivity index (χ1n) is 6.49. The zero-order chi connectivity index (χ0) is 15.4. The number of ether oxygens (including phenoxy) is 1. The number of nitrogens with one attached hydrogen (secondary N) is 1. The van der Waals surface area contributed by atoms with Crippen molar-refractivity contribution < 1.29 is 9.53 Å².